The summed E-state index contributed by atoms with van der Waals surface area (Å²) in [4.78, 5) is 0. The molecular weight excluding hydrogens is 755 g/mol. The molecule has 0 radical (unpaired) electrons. The first-order chi connectivity index (χ1) is 6.82. The van der Waals surface area contributed by atoms with E-state index in [1.165, 1.54) is 0 Å². The molecule has 0 aromatic carbocycles. The third kappa shape index (κ3) is 6.39. The third-order valence-electron chi connectivity index (χ3n) is 2.28. The van der Waals surface area contributed by atoms with E-state index in [1.807, 2.05) is 0 Å². The summed E-state index contributed by atoms with van der Waals surface area (Å²) in [6, 6.07) is 0. The lowest BCUT2D eigenvalue weighted by atomic mass is 10.00. The van der Waals surface area contributed by atoms with Gasteiger partial charge in [-0.1, -0.05) is 133 Å². The molecule has 0 aromatic rings. The van der Waals surface area contributed by atoms with Crippen molar-refractivity contribution in [2.75, 3.05) is 0 Å². The predicted molar refractivity (Wildman–Crippen MR) is 114 cm³/mol. The van der Waals surface area contributed by atoms with E-state index in [0.717, 1.165) is 11.8 Å². The van der Waals surface area contributed by atoms with Gasteiger partial charge in [0.15, 0.2) is 0 Å². The first-order valence-corrected chi connectivity index (χ1v) is 10.9. The van der Waals surface area contributed by atoms with Crippen LogP contribution in [0, 0.1) is 5.92 Å². The fourth-order valence-corrected chi connectivity index (χ4v) is 7.01. The molecule has 0 bridgehead atoms. The minimum absolute atomic E-state index is 0.579. The van der Waals surface area contributed by atoms with Gasteiger partial charge in [0, 0.05) is 19.6 Å². The zero-order chi connectivity index (χ0) is 12.2. The molecule has 6 atom stereocenters. The molecule has 0 heterocycles. The first kappa shape index (κ1) is 18.4. The Morgan fingerprint density at radius 1 is 0.867 bits per heavy atom. The monoisotopic (exact) mass is 770 g/mol. The van der Waals surface area contributed by atoms with Crippen molar-refractivity contribution in [1.82, 2.24) is 0 Å². The zero-order valence-corrected chi connectivity index (χ0v) is 19.4. The lowest BCUT2D eigenvalue weighted by Crippen LogP contribution is -2.35. The average molecular weight is 770 g/mol. The predicted octanol–water partition coefficient (Wildman–Crippen LogP) is 5.85. The van der Waals surface area contributed by atoms with Crippen molar-refractivity contribution in [3.63, 3.8) is 0 Å². The normalized spacial score (nSPS) is 23.7. The second kappa shape index (κ2) is 9.32. The topological polar surface area (TPSA) is 0 Å². The molecule has 0 amide bonds. The molecule has 90 valence electrons. The molecule has 0 saturated heterocycles. The molecule has 15 heavy (non-hydrogen) atoms. The Labute approximate surface area is 162 Å². The van der Waals surface area contributed by atoms with Gasteiger partial charge in [-0.3, -0.25) is 0 Å². The highest BCUT2D eigenvalue weighted by atomic mass is 127. The largest absolute Gasteiger partial charge is 0.102 e. The number of rotatable bonds is 6. The van der Waals surface area contributed by atoms with Crippen LogP contribution in [0.4, 0.5) is 0 Å². The van der Waals surface area contributed by atoms with Crippen LogP contribution in [-0.4, -0.2) is 19.6 Å². The van der Waals surface area contributed by atoms with Crippen molar-refractivity contribution in [3.8, 4) is 0 Å². The summed E-state index contributed by atoms with van der Waals surface area (Å²) in [5, 5.41) is 0. The van der Waals surface area contributed by atoms with Crippen LogP contribution in [0.5, 0.6) is 0 Å². The number of hydrogen-bond acceptors (Lipinski definition) is 0. The second-order valence-corrected chi connectivity index (χ2v) is 11.3. The van der Waals surface area contributed by atoms with Crippen LogP contribution >= 0.6 is 113 Å². The number of halogens is 5. The van der Waals surface area contributed by atoms with E-state index in [0.29, 0.717) is 13.8 Å². The van der Waals surface area contributed by atoms with Gasteiger partial charge in [0.1, 0.15) is 0 Å². The lowest BCUT2D eigenvalue weighted by Gasteiger charge is -2.30. The van der Waals surface area contributed by atoms with Gasteiger partial charge < -0.3 is 0 Å². The molecule has 6 unspecified atom stereocenters. The molecule has 0 aliphatic heterocycles. The molecule has 0 fully saturated rings. The third-order valence-corrected chi connectivity index (χ3v) is 14.1. The Bertz CT molecular complexity index is 194. The Kier molecular flexibility index (Phi) is 11.4. The minimum Gasteiger partial charge on any atom is -0.102 e. The second-order valence-electron chi connectivity index (χ2n) is 3.55. The van der Waals surface area contributed by atoms with Crippen molar-refractivity contribution in [3.05, 3.63) is 12.7 Å². The maximum atomic E-state index is 3.89. The highest BCUT2D eigenvalue weighted by Crippen LogP contribution is 2.35. The maximum Gasteiger partial charge on any atom is 0.0358 e. The Morgan fingerprint density at radius 3 is 1.67 bits per heavy atom. The maximum absolute atomic E-state index is 3.89. The average Bonchev–Trinajstić information content (AvgIpc) is 2.23. The standard InChI is InChI=1S/C10H15I5/c1-4-7(12)5(2)8(13)10(15)9(14)6(3)11/h4-10H,1H2,2-3H3. The van der Waals surface area contributed by atoms with E-state index in [9.17, 15) is 0 Å². The van der Waals surface area contributed by atoms with Gasteiger partial charge in [-0.15, -0.1) is 6.58 Å². The summed E-state index contributed by atoms with van der Waals surface area (Å²) in [5.41, 5.74) is 0. The van der Waals surface area contributed by atoms with Crippen LogP contribution in [0.15, 0.2) is 12.7 Å². The minimum atomic E-state index is 0.579. The van der Waals surface area contributed by atoms with Crippen LogP contribution in [0.1, 0.15) is 13.8 Å². The smallest absolute Gasteiger partial charge is 0.0358 e. The fourth-order valence-electron chi connectivity index (χ4n) is 1.11. The van der Waals surface area contributed by atoms with Crippen molar-refractivity contribution in [1.29, 1.82) is 0 Å². The molecule has 0 spiro atoms. The van der Waals surface area contributed by atoms with Crippen LogP contribution in [-0.2, 0) is 0 Å². The Hall–Kier alpha value is 3.39. The van der Waals surface area contributed by atoms with Crippen molar-refractivity contribution >= 4 is 113 Å². The molecule has 0 rings (SSSR count). The van der Waals surface area contributed by atoms with Crippen LogP contribution in [0.2, 0.25) is 0 Å². The van der Waals surface area contributed by atoms with Gasteiger partial charge in [0.05, 0.1) is 0 Å². The first-order valence-electron chi connectivity index (χ1n) is 4.65. The summed E-state index contributed by atoms with van der Waals surface area (Å²) in [6.45, 7) is 8.52. The summed E-state index contributed by atoms with van der Waals surface area (Å²) in [7, 11) is 0. The molecule has 0 saturated carbocycles. The van der Waals surface area contributed by atoms with Gasteiger partial charge in [-0.05, 0) is 5.92 Å². The van der Waals surface area contributed by atoms with E-state index in [2.05, 4.69) is 139 Å². The van der Waals surface area contributed by atoms with Crippen LogP contribution in [0.25, 0.3) is 0 Å². The zero-order valence-electron chi connectivity index (χ0n) is 8.64. The quantitative estimate of drug-likeness (QED) is 0.181. The lowest BCUT2D eigenvalue weighted by molar-refractivity contribution is 0.585. The summed E-state index contributed by atoms with van der Waals surface area (Å²) < 4.78 is 3.48. The van der Waals surface area contributed by atoms with E-state index in [-0.39, 0.29) is 0 Å². The van der Waals surface area contributed by atoms with E-state index in [1.54, 1.807) is 0 Å². The SMILES string of the molecule is C=CC(I)C(C)C(I)C(I)C(I)C(C)I. The summed E-state index contributed by atoms with van der Waals surface area (Å²) in [5.74, 6) is 0.693. The van der Waals surface area contributed by atoms with Crippen molar-refractivity contribution in [2.24, 2.45) is 5.92 Å². The highest BCUT2D eigenvalue weighted by Gasteiger charge is 2.31. The molecule has 0 aromatic heterocycles. The summed E-state index contributed by atoms with van der Waals surface area (Å²) in [6.07, 6.45) is 2.07. The van der Waals surface area contributed by atoms with Gasteiger partial charge in [-0.2, -0.15) is 0 Å². The van der Waals surface area contributed by atoms with Crippen LogP contribution < -0.4 is 0 Å². The van der Waals surface area contributed by atoms with Gasteiger partial charge in [0.2, 0.25) is 0 Å². The highest BCUT2D eigenvalue weighted by molar-refractivity contribution is 14.1. The molecule has 0 N–H and O–H groups in total. The molecular formula is C10H15I5. The van der Waals surface area contributed by atoms with E-state index < -0.39 is 0 Å². The number of hydrogen-bond donors (Lipinski definition) is 0. The van der Waals surface area contributed by atoms with Crippen LogP contribution in [0.3, 0.4) is 0 Å². The van der Waals surface area contributed by atoms with Gasteiger partial charge >= 0.3 is 0 Å². The van der Waals surface area contributed by atoms with Gasteiger partial charge in [-0.25, -0.2) is 0 Å². The van der Waals surface area contributed by atoms with Gasteiger partial charge in [0.25, 0.3) is 0 Å². The van der Waals surface area contributed by atoms with E-state index >= 15 is 0 Å². The fraction of sp³-hybridized carbons (Fsp3) is 0.800. The van der Waals surface area contributed by atoms with E-state index in [4.69, 9.17) is 0 Å². The molecule has 5 heteroatoms. The number of allylic oxidation sites excluding steroid dienone is 1. The van der Waals surface area contributed by atoms with Crippen molar-refractivity contribution in [2.45, 2.75) is 33.5 Å². The Morgan fingerprint density at radius 2 is 1.33 bits per heavy atom. The van der Waals surface area contributed by atoms with Crippen molar-refractivity contribution < 1.29 is 0 Å². The Balaban J connectivity index is 4.42. The number of alkyl halides is 5. The molecule has 0 nitrogen and oxygen atoms in total. The summed E-state index contributed by atoms with van der Waals surface area (Å²) >= 11 is 12.8. The molecule has 0 aliphatic carbocycles. The molecule has 0 aliphatic rings.